The Bertz CT molecular complexity index is 715. The fourth-order valence-corrected chi connectivity index (χ4v) is 2.87. The van der Waals surface area contributed by atoms with E-state index in [-0.39, 0.29) is 6.09 Å². The van der Waals surface area contributed by atoms with Crippen molar-refractivity contribution >= 4 is 17.7 Å². The van der Waals surface area contributed by atoms with E-state index in [1.54, 1.807) is 4.90 Å². The summed E-state index contributed by atoms with van der Waals surface area (Å²) in [6.45, 7) is 3.95. The first-order chi connectivity index (χ1) is 11.7. The molecule has 24 heavy (non-hydrogen) atoms. The number of hydrogen-bond donors (Lipinski definition) is 0. The number of benzene rings is 2. The molecule has 3 rings (SSSR count). The fourth-order valence-electron chi connectivity index (χ4n) is 2.74. The number of nitrogens with zero attached hydrogens (tertiary/aromatic N) is 1. The third kappa shape index (κ3) is 4.01. The van der Waals surface area contributed by atoms with Crippen LogP contribution in [0.4, 0.5) is 4.79 Å². The number of carbonyl (C=O) groups excluding carboxylic acids is 1. The average Bonchev–Trinajstić information content (AvgIpc) is 2.61. The lowest BCUT2D eigenvalue weighted by Crippen LogP contribution is -2.36. The molecule has 5 heteroatoms. The highest BCUT2D eigenvalue weighted by Crippen LogP contribution is 2.25. The second-order valence-corrected chi connectivity index (χ2v) is 6.15. The van der Waals surface area contributed by atoms with E-state index in [0.29, 0.717) is 31.3 Å². The number of rotatable bonds is 4. The van der Waals surface area contributed by atoms with Gasteiger partial charge in [0.2, 0.25) is 0 Å². The zero-order valence-corrected chi connectivity index (χ0v) is 14.4. The van der Waals surface area contributed by atoms with Gasteiger partial charge >= 0.3 is 6.09 Å². The zero-order valence-electron chi connectivity index (χ0n) is 13.6. The van der Waals surface area contributed by atoms with E-state index < -0.39 is 0 Å². The maximum Gasteiger partial charge on any atom is 0.410 e. The third-order valence-electron chi connectivity index (χ3n) is 4.03. The zero-order chi connectivity index (χ0) is 16.9. The Labute approximate surface area is 146 Å². The summed E-state index contributed by atoms with van der Waals surface area (Å²) in [6.07, 6.45) is 0.585. The van der Waals surface area contributed by atoms with E-state index in [0.717, 1.165) is 23.3 Å². The lowest BCUT2D eigenvalue weighted by molar-refractivity contribution is 0.102. The van der Waals surface area contributed by atoms with Crippen molar-refractivity contribution in [1.29, 1.82) is 0 Å². The van der Waals surface area contributed by atoms with Gasteiger partial charge in [0.1, 0.15) is 12.4 Å². The quantitative estimate of drug-likeness (QED) is 0.822. The summed E-state index contributed by atoms with van der Waals surface area (Å²) < 4.78 is 10.9. The normalized spacial score (nSPS) is 13.3. The second-order valence-electron chi connectivity index (χ2n) is 5.72. The Kier molecular flexibility index (Phi) is 5.26. The molecule has 1 aliphatic rings. The lowest BCUT2D eigenvalue weighted by atomic mass is 10.00. The second kappa shape index (κ2) is 7.58. The van der Waals surface area contributed by atoms with Crippen LogP contribution in [-0.4, -0.2) is 24.1 Å². The van der Waals surface area contributed by atoms with E-state index in [2.05, 4.69) is 6.07 Å². The number of amides is 1. The Hall–Kier alpha value is -2.20. The van der Waals surface area contributed by atoms with Crippen LogP contribution in [0.1, 0.15) is 23.6 Å². The Balaban J connectivity index is 1.66. The molecule has 1 heterocycles. The molecule has 0 unspecified atom stereocenters. The molecule has 0 aliphatic carbocycles. The van der Waals surface area contributed by atoms with E-state index in [4.69, 9.17) is 21.1 Å². The number of ether oxygens (including phenoxy) is 2. The van der Waals surface area contributed by atoms with Crippen molar-refractivity contribution in [3.63, 3.8) is 0 Å². The van der Waals surface area contributed by atoms with Crippen molar-refractivity contribution < 1.29 is 14.3 Å². The number of hydrogen-bond acceptors (Lipinski definition) is 3. The number of halogens is 1. The largest absolute Gasteiger partial charge is 0.489 e. The van der Waals surface area contributed by atoms with Gasteiger partial charge in [0.25, 0.3) is 0 Å². The fraction of sp³-hybridized carbons (Fsp3) is 0.316. The first-order valence-electron chi connectivity index (χ1n) is 8.06. The lowest BCUT2D eigenvalue weighted by Gasteiger charge is -2.28. The standard InChI is InChI=1S/C19H20ClNO3/c1-2-23-19(22)21-10-9-15-5-8-18(11-16(15)12-21)24-13-14-3-6-17(20)7-4-14/h3-8,11H,2,9-10,12-13H2,1H3. The van der Waals surface area contributed by atoms with Gasteiger partial charge in [-0.15, -0.1) is 0 Å². The van der Waals surface area contributed by atoms with Crippen molar-refractivity contribution in [2.24, 2.45) is 0 Å². The molecule has 0 saturated heterocycles. The number of carbonyl (C=O) groups is 1. The van der Waals surface area contributed by atoms with Crippen molar-refractivity contribution in [2.45, 2.75) is 26.5 Å². The Morgan fingerprint density at radius 1 is 1.17 bits per heavy atom. The molecule has 1 amide bonds. The van der Waals surface area contributed by atoms with Crippen LogP contribution in [0.2, 0.25) is 5.02 Å². The van der Waals surface area contributed by atoms with Crippen LogP contribution >= 0.6 is 11.6 Å². The molecular weight excluding hydrogens is 326 g/mol. The summed E-state index contributed by atoms with van der Waals surface area (Å²) in [6, 6.07) is 13.7. The van der Waals surface area contributed by atoms with Crippen molar-refractivity contribution in [3.8, 4) is 5.75 Å². The maximum atomic E-state index is 11.9. The van der Waals surface area contributed by atoms with Crippen LogP contribution in [0.15, 0.2) is 42.5 Å². The molecule has 4 nitrogen and oxygen atoms in total. The average molecular weight is 346 g/mol. The summed E-state index contributed by atoms with van der Waals surface area (Å²) in [5, 5.41) is 0.714. The smallest absolute Gasteiger partial charge is 0.410 e. The van der Waals surface area contributed by atoms with Crippen LogP contribution in [0, 0.1) is 0 Å². The third-order valence-corrected chi connectivity index (χ3v) is 4.29. The predicted octanol–water partition coefficient (Wildman–Crippen LogP) is 4.43. The van der Waals surface area contributed by atoms with Gasteiger partial charge in [0, 0.05) is 18.1 Å². The van der Waals surface area contributed by atoms with Gasteiger partial charge in [-0.25, -0.2) is 4.79 Å². The predicted molar refractivity (Wildman–Crippen MR) is 93.4 cm³/mol. The molecule has 1 aliphatic heterocycles. The summed E-state index contributed by atoms with van der Waals surface area (Å²) in [7, 11) is 0. The van der Waals surface area contributed by atoms with E-state index in [1.807, 2.05) is 43.3 Å². The summed E-state index contributed by atoms with van der Waals surface area (Å²) in [4.78, 5) is 13.6. The minimum atomic E-state index is -0.254. The summed E-state index contributed by atoms with van der Waals surface area (Å²) in [5.41, 5.74) is 3.43. The van der Waals surface area contributed by atoms with E-state index >= 15 is 0 Å². The van der Waals surface area contributed by atoms with Crippen molar-refractivity contribution in [1.82, 2.24) is 4.90 Å². The molecule has 0 fully saturated rings. The molecule has 0 aromatic heterocycles. The molecule has 0 radical (unpaired) electrons. The minimum Gasteiger partial charge on any atom is -0.489 e. The highest BCUT2D eigenvalue weighted by molar-refractivity contribution is 6.30. The molecule has 0 saturated carbocycles. The van der Waals surface area contributed by atoms with Crippen molar-refractivity contribution in [2.75, 3.05) is 13.2 Å². The number of fused-ring (bicyclic) bond motifs is 1. The summed E-state index contributed by atoms with van der Waals surface area (Å²) in [5.74, 6) is 0.800. The minimum absolute atomic E-state index is 0.254. The Morgan fingerprint density at radius 3 is 2.71 bits per heavy atom. The first-order valence-corrected chi connectivity index (χ1v) is 8.44. The van der Waals surface area contributed by atoms with Gasteiger partial charge in [-0.05, 0) is 54.3 Å². The highest BCUT2D eigenvalue weighted by Gasteiger charge is 2.21. The topological polar surface area (TPSA) is 38.8 Å². The SMILES string of the molecule is CCOC(=O)N1CCc2ccc(OCc3ccc(Cl)cc3)cc2C1. The van der Waals surface area contributed by atoms with Gasteiger partial charge < -0.3 is 14.4 Å². The van der Waals surface area contributed by atoms with E-state index in [9.17, 15) is 4.79 Å². The molecule has 0 spiro atoms. The van der Waals surface area contributed by atoms with Gasteiger partial charge in [-0.3, -0.25) is 0 Å². The summed E-state index contributed by atoms with van der Waals surface area (Å²) >= 11 is 5.89. The molecule has 0 N–H and O–H groups in total. The van der Waals surface area contributed by atoms with Crippen LogP contribution in [0.3, 0.4) is 0 Å². The van der Waals surface area contributed by atoms with Gasteiger partial charge in [-0.2, -0.15) is 0 Å². The molecular formula is C19H20ClNO3. The maximum absolute atomic E-state index is 11.9. The van der Waals surface area contributed by atoms with Crippen LogP contribution in [-0.2, 0) is 24.3 Å². The van der Waals surface area contributed by atoms with Gasteiger partial charge in [0.05, 0.1) is 6.61 Å². The van der Waals surface area contributed by atoms with E-state index in [1.165, 1.54) is 5.56 Å². The molecule has 2 aromatic rings. The van der Waals surface area contributed by atoms with Crippen LogP contribution < -0.4 is 4.74 Å². The molecule has 2 aromatic carbocycles. The molecule has 0 bridgehead atoms. The highest BCUT2D eigenvalue weighted by atomic mass is 35.5. The van der Waals surface area contributed by atoms with Crippen LogP contribution in [0.25, 0.3) is 0 Å². The van der Waals surface area contributed by atoms with Gasteiger partial charge in [0.15, 0.2) is 0 Å². The van der Waals surface area contributed by atoms with Crippen molar-refractivity contribution in [3.05, 3.63) is 64.2 Å². The van der Waals surface area contributed by atoms with Crippen LogP contribution in [0.5, 0.6) is 5.75 Å². The van der Waals surface area contributed by atoms with Gasteiger partial charge in [-0.1, -0.05) is 29.8 Å². The monoisotopic (exact) mass is 345 g/mol. The molecule has 126 valence electrons. The first kappa shape index (κ1) is 16.7. The molecule has 0 atom stereocenters. The Morgan fingerprint density at radius 2 is 1.96 bits per heavy atom.